The number of nitrogens with zero attached hydrogens (tertiary/aromatic N) is 1. The summed E-state index contributed by atoms with van der Waals surface area (Å²) < 4.78 is 11.0. The molecule has 6 nitrogen and oxygen atoms in total. The Morgan fingerprint density at radius 2 is 2.05 bits per heavy atom. The van der Waals surface area contributed by atoms with Gasteiger partial charge in [0.15, 0.2) is 0 Å². The predicted molar refractivity (Wildman–Crippen MR) is 71.3 cm³/mol. The topological polar surface area (TPSA) is 76.1 Å². The molecule has 2 saturated heterocycles. The summed E-state index contributed by atoms with van der Waals surface area (Å²) in [6.07, 6.45) is 2.73. The summed E-state index contributed by atoms with van der Waals surface area (Å²) in [7, 11) is 0. The molecule has 0 spiro atoms. The standard InChI is InChI=1S/C14H23NO5/c1-10(20-9-12-3-2-8-19-12)13(16)15-6-4-11(5-7-15)14(17)18/h10-12H,2-9H2,1H3,(H,17,18). The predicted octanol–water partition coefficient (Wildman–Crippen LogP) is 0.894. The minimum atomic E-state index is -0.764. The van der Waals surface area contributed by atoms with E-state index in [1.807, 2.05) is 0 Å². The Morgan fingerprint density at radius 1 is 1.35 bits per heavy atom. The van der Waals surface area contributed by atoms with Crippen molar-refractivity contribution < 1.29 is 24.2 Å². The third-order valence-electron chi connectivity index (χ3n) is 4.06. The van der Waals surface area contributed by atoms with Gasteiger partial charge in [-0.1, -0.05) is 0 Å². The fourth-order valence-corrected chi connectivity index (χ4v) is 2.70. The molecular formula is C14H23NO5. The van der Waals surface area contributed by atoms with Gasteiger partial charge in [0.25, 0.3) is 5.91 Å². The van der Waals surface area contributed by atoms with Crippen molar-refractivity contribution in [2.45, 2.75) is 44.8 Å². The van der Waals surface area contributed by atoms with Crippen LogP contribution in [0.4, 0.5) is 0 Å². The number of hydrogen-bond acceptors (Lipinski definition) is 4. The number of carbonyl (C=O) groups is 2. The second-order valence-corrected chi connectivity index (χ2v) is 5.55. The van der Waals surface area contributed by atoms with Gasteiger partial charge < -0.3 is 19.5 Å². The van der Waals surface area contributed by atoms with Crippen LogP contribution in [-0.2, 0) is 19.1 Å². The molecule has 0 bridgehead atoms. The lowest BCUT2D eigenvalue weighted by atomic mass is 9.97. The highest BCUT2D eigenvalue weighted by molar-refractivity contribution is 5.81. The van der Waals surface area contributed by atoms with Crippen LogP contribution in [0.1, 0.15) is 32.6 Å². The van der Waals surface area contributed by atoms with Crippen LogP contribution in [0.15, 0.2) is 0 Å². The molecule has 1 amide bonds. The molecule has 2 rings (SSSR count). The summed E-state index contributed by atoms with van der Waals surface area (Å²) in [5, 5.41) is 8.94. The fourth-order valence-electron chi connectivity index (χ4n) is 2.70. The van der Waals surface area contributed by atoms with E-state index < -0.39 is 12.1 Å². The summed E-state index contributed by atoms with van der Waals surface area (Å²) in [6, 6.07) is 0. The van der Waals surface area contributed by atoms with Crippen molar-refractivity contribution in [1.29, 1.82) is 0 Å². The zero-order valence-corrected chi connectivity index (χ0v) is 11.9. The molecule has 1 N–H and O–H groups in total. The Labute approximate surface area is 119 Å². The van der Waals surface area contributed by atoms with Crippen molar-refractivity contribution in [3.8, 4) is 0 Å². The number of carbonyl (C=O) groups excluding carboxylic acids is 1. The lowest BCUT2D eigenvalue weighted by Gasteiger charge is -2.32. The van der Waals surface area contributed by atoms with E-state index in [2.05, 4.69) is 0 Å². The average Bonchev–Trinajstić information content (AvgIpc) is 2.97. The molecule has 2 aliphatic heterocycles. The van der Waals surface area contributed by atoms with Crippen LogP contribution < -0.4 is 0 Å². The van der Waals surface area contributed by atoms with E-state index in [0.29, 0.717) is 32.5 Å². The van der Waals surface area contributed by atoms with Gasteiger partial charge in [0.05, 0.1) is 18.6 Å². The molecule has 0 radical (unpaired) electrons. The summed E-state index contributed by atoms with van der Waals surface area (Å²) in [5.41, 5.74) is 0. The van der Waals surface area contributed by atoms with E-state index in [0.717, 1.165) is 19.4 Å². The van der Waals surface area contributed by atoms with Gasteiger partial charge in [-0.15, -0.1) is 0 Å². The molecule has 6 heteroatoms. The maximum absolute atomic E-state index is 12.2. The Kier molecular flexibility index (Phi) is 5.37. The van der Waals surface area contributed by atoms with Crippen LogP contribution >= 0.6 is 0 Å². The smallest absolute Gasteiger partial charge is 0.306 e. The largest absolute Gasteiger partial charge is 0.481 e. The number of carboxylic acid groups (broad SMARTS) is 1. The molecule has 2 heterocycles. The summed E-state index contributed by atoms with van der Waals surface area (Å²) in [5.74, 6) is -1.13. The molecule has 2 unspecified atom stereocenters. The summed E-state index contributed by atoms with van der Waals surface area (Å²) in [6.45, 7) is 3.99. The van der Waals surface area contributed by atoms with E-state index in [1.165, 1.54) is 0 Å². The van der Waals surface area contributed by atoms with Gasteiger partial charge in [-0.2, -0.15) is 0 Å². The Bertz CT molecular complexity index is 345. The van der Waals surface area contributed by atoms with Gasteiger partial charge in [-0.25, -0.2) is 0 Å². The third-order valence-corrected chi connectivity index (χ3v) is 4.06. The van der Waals surface area contributed by atoms with Crippen LogP contribution in [0.3, 0.4) is 0 Å². The number of hydrogen-bond donors (Lipinski definition) is 1. The van der Waals surface area contributed by atoms with Crippen molar-refractivity contribution >= 4 is 11.9 Å². The molecule has 2 atom stereocenters. The second kappa shape index (κ2) is 7.04. The quantitative estimate of drug-likeness (QED) is 0.812. The van der Waals surface area contributed by atoms with Crippen LogP contribution in [0.2, 0.25) is 0 Å². The Balaban J connectivity index is 1.71. The normalized spacial score (nSPS) is 25.6. The zero-order chi connectivity index (χ0) is 14.5. The molecule has 114 valence electrons. The number of amides is 1. The Morgan fingerprint density at radius 3 is 2.60 bits per heavy atom. The number of likely N-dealkylation sites (tertiary alicyclic amines) is 1. The van der Waals surface area contributed by atoms with E-state index in [9.17, 15) is 9.59 Å². The molecule has 2 aliphatic rings. The molecule has 0 aromatic heterocycles. The molecule has 0 saturated carbocycles. The van der Waals surface area contributed by atoms with Gasteiger partial charge >= 0.3 is 5.97 Å². The maximum Gasteiger partial charge on any atom is 0.306 e. The molecule has 2 fully saturated rings. The number of piperidine rings is 1. The third kappa shape index (κ3) is 3.93. The highest BCUT2D eigenvalue weighted by atomic mass is 16.5. The van der Waals surface area contributed by atoms with Crippen molar-refractivity contribution in [1.82, 2.24) is 4.90 Å². The maximum atomic E-state index is 12.2. The van der Waals surface area contributed by atoms with Gasteiger partial charge in [-0.05, 0) is 32.6 Å². The number of rotatable bonds is 5. The SMILES string of the molecule is CC(OCC1CCCO1)C(=O)N1CCC(C(=O)O)CC1. The molecule has 20 heavy (non-hydrogen) atoms. The summed E-state index contributed by atoms with van der Waals surface area (Å²) in [4.78, 5) is 24.8. The van der Waals surface area contributed by atoms with Crippen molar-refractivity contribution in [2.75, 3.05) is 26.3 Å². The average molecular weight is 285 g/mol. The van der Waals surface area contributed by atoms with Crippen LogP contribution in [0.5, 0.6) is 0 Å². The lowest BCUT2D eigenvalue weighted by Crippen LogP contribution is -2.45. The number of ether oxygens (including phenoxy) is 2. The van der Waals surface area contributed by atoms with E-state index >= 15 is 0 Å². The molecule has 0 aromatic carbocycles. The van der Waals surface area contributed by atoms with Gasteiger partial charge in [-0.3, -0.25) is 9.59 Å². The van der Waals surface area contributed by atoms with E-state index in [-0.39, 0.29) is 17.9 Å². The second-order valence-electron chi connectivity index (χ2n) is 5.55. The van der Waals surface area contributed by atoms with Crippen LogP contribution in [0.25, 0.3) is 0 Å². The first-order valence-corrected chi connectivity index (χ1v) is 7.32. The Hall–Kier alpha value is -1.14. The number of aliphatic carboxylic acids is 1. The van der Waals surface area contributed by atoms with Gasteiger partial charge in [0, 0.05) is 19.7 Å². The summed E-state index contributed by atoms with van der Waals surface area (Å²) >= 11 is 0. The number of carboxylic acids is 1. The first-order chi connectivity index (χ1) is 9.58. The molecule has 0 aromatic rings. The minimum Gasteiger partial charge on any atom is -0.481 e. The van der Waals surface area contributed by atoms with Crippen molar-refractivity contribution in [3.05, 3.63) is 0 Å². The zero-order valence-electron chi connectivity index (χ0n) is 11.9. The molecular weight excluding hydrogens is 262 g/mol. The van der Waals surface area contributed by atoms with Crippen LogP contribution in [-0.4, -0.2) is 60.4 Å². The van der Waals surface area contributed by atoms with Crippen molar-refractivity contribution in [3.63, 3.8) is 0 Å². The highest BCUT2D eigenvalue weighted by Gasteiger charge is 2.29. The van der Waals surface area contributed by atoms with Crippen LogP contribution in [0, 0.1) is 5.92 Å². The van der Waals surface area contributed by atoms with E-state index in [1.54, 1.807) is 11.8 Å². The molecule has 0 aliphatic carbocycles. The van der Waals surface area contributed by atoms with Crippen molar-refractivity contribution in [2.24, 2.45) is 5.92 Å². The van der Waals surface area contributed by atoms with E-state index in [4.69, 9.17) is 14.6 Å². The minimum absolute atomic E-state index is 0.0492. The lowest BCUT2D eigenvalue weighted by molar-refractivity contribution is -0.150. The van der Waals surface area contributed by atoms with Gasteiger partial charge in [0.1, 0.15) is 6.10 Å². The first kappa shape index (κ1) is 15.3. The highest BCUT2D eigenvalue weighted by Crippen LogP contribution is 2.19. The first-order valence-electron chi connectivity index (χ1n) is 7.32. The fraction of sp³-hybridized carbons (Fsp3) is 0.857. The monoisotopic (exact) mass is 285 g/mol. The van der Waals surface area contributed by atoms with Gasteiger partial charge in [0.2, 0.25) is 0 Å².